The van der Waals surface area contributed by atoms with Crippen LogP contribution in [0.2, 0.25) is 0 Å². The van der Waals surface area contributed by atoms with E-state index in [4.69, 9.17) is 0 Å². The van der Waals surface area contributed by atoms with Crippen LogP contribution in [0.15, 0.2) is 29.2 Å². The molecule has 2 saturated heterocycles. The second-order valence-corrected chi connectivity index (χ2v) is 8.18. The summed E-state index contributed by atoms with van der Waals surface area (Å²) in [4.78, 5) is 2.80. The molecule has 2 aliphatic rings. The normalized spacial score (nSPS) is 27.0. The fourth-order valence-corrected chi connectivity index (χ4v) is 4.61. The van der Waals surface area contributed by atoms with Crippen molar-refractivity contribution < 1.29 is 8.42 Å². The lowest BCUT2D eigenvalue weighted by molar-refractivity contribution is 0.377. The number of piperidine rings is 1. The Balaban J connectivity index is 1.97. The Morgan fingerprint density at radius 2 is 1.95 bits per heavy atom. The molecule has 1 aromatic rings. The average molecular weight is 308 g/mol. The second kappa shape index (κ2) is 5.97. The molecule has 2 atom stereocenters. The van der Waals surface area contributed by atoms with Gasteiger partial charge in [0.15, 0.2) is 9.84 Å². The first kappa shape index (κ1) is 14.9. The molecular weight excluding hydrogens is 284 g/mol. The van der Waals surface area contributed by atoms with Crippen molar-refractivity contribution in [2.75, 3.05) is 24.2 Å². The van der Waals surface area contributed by atoms with Gasteiger partial charge in [-0.05, 0) is 50.8 Å². The van der Waals surface area contributed by atoms with Gasteiger partial charge in [-0.1, -0.05) is 12.1 Å². The number of benzene rings is 1. The smallest absolute Gasteiger partial charge is 0.177 e. The van der Waals surface area contributed by atoms with Gasteiger partial charge in [0.1, 0.15) is 0 Å². The number of nitrogens with zero attached hydrogens (tertiary/aromatic N) is 1. The molecule has 2 aliphatic heterocycles. The van der Waals surface area contributed by atoms with Gasteiger partial charge in [0.2, 0.25) is 0 Å². The summed E-state index contributed by atoms with van der Waals surface area (Å²) in [5, 5.41) is 3.59. The molecule has 0 aliphatic carbocycles. The van der Waals surface area contributed by atoms with Crippen molar-refractivity contribution in [2.45, 2.75) is 49.1 Å². The van der Waals surface area contributed by atoms with E-state index in [1.54, 1.807) is 6.07 Å². The van der Waals surface area contributed by atoms with Gasteiger partial charge in [0.05, 0.1) is 10.6 Å². The highest BCUT2D eigenvalue weighted by molar-refractivity contribution is 7.90. The molecule has 0 radical (unpaired) electrons. The Morgan fingerprint density at radius 1 is 1.14 bits per heavy atom. The van der Waals surface area contributed by atoms with Gasteiger partial charge < -0.3 is 10.2 Å². The van der Waals surface area contributed by atoms with E-state index in [1.807, 2.05) is 18.2 Å². The van der Waals surface area contributed by atoms with Crippen molar-refractivity contribution in [3.63, 3.8) is 0 Å². The van der Waals surface area contributed by atoms with E-state index in [2.05, 4.69) is 10.2 Å². The first-order chi connectivity index (χ1) is 10.1. The minimum absolute atomic E-state index is 0.421. The fraction of sp³-hybridized carbons (Fsp3) is 0.625. The Hall–Kier alpha value is -1.07. The zero-order valence-electron chi connectivity index (χ0n) is 12.6. The highest BCUT2D eigenvalue weighted by Gasteiger charge is 2.33. The number of nitrogens with one attached hydrogen (secondary N) is 1. The quantitative estimate of drug-likeness (QED) is 0.930. The van der Waals surface area contributed by atoms with Crippen LogP contribution in [0.1, 0.15) is 32.1 Å². The largest absolute Gasteiger partial charge is 0.366 e. The molecule has 1 N–H and O–H groups in total. The van der Waals surface area contributed by atoms with Gasteiger partial charge in [-0.25, -0.2) is 8.42 Å². The van der Waals surface area contributed by atoms with E-state index in [-0.39, 0.29) is 0 Å². The Labute approximate surface area is 127 Å². The molecule has 2 unspecified atom stereocenters. The molecular formula is C16H24N2O2S. The topological polar surface area (TPSA) is 49.4 Å². The molecule has 1 aromatic carbocycles. The van der Waals surface area contributed by atoms with E-state index in [9.17, 15) is 8.42 Å². The van der Waals surface area contributed by atoms with Crippen LogP contribution in [0.5, 0.6) is 0 Å². The van der Waals surface area contributed by atoms with Gasteiger partial charge in [-0.3, -0.25) is 0 Å². The standard InChI is InChI=1S/C16H24N2O2S/c1-21(19,20)16-10-3-2-9-15(16)18-12-5-4-8-14(18)13-7-6-11-17-13/h2-3,9-10,13-14,17H,4-8,11-12H2,1H3. The lowest BCUT2D eigenvalue weighted by atomic mass is 9.94. The van der Waals surface area contributed by atoms with Crippen LogP contribution in [0.25, 0.3) is 0 Å². The fourth-order valence-electron chi connectivity index (χ4n) is 3.72. The summed E-state index contributed by atoms with van der Waals surface area (Å²) >= 11 is 0. The zero-order chi connectivity index (χ0) is 14.9. The molecule has 2 heterocycles. The molecule has 0 amide bonds. The van der Waals surface area contributed by atoms with E-state index < -0.39 is 9.84 Å². The van der Waals surface area contributed by atoms with Gasteiger partial charge >= 0.3 is 0 Å². The van der Waals surface area contributed by atoms with Crippen molar-refractivity contribution in [1.29, 1.82) is 0 Å². The van der Waals surface area contributed by atoms with Crippen molar-refractivity contribution >= 4 is 15.5 Å². The van der Waals surface area contributed by atoms with Crippen molar-refractivity contribution in [3.05, 3.63) is 24.3 Å². The second-order valence-electron chi connectivity index (χ2n) is 6.20. The van der Waals surface area contributed by atoms with Crippen LogP contribution in [0, 0.1) is 0 Å². The van der Waals surface area contributed by atoms with Crippen molar-refractivity contribution in [1.82, 2.24) is 5.32 Å². The van der Waals surface area contributed by atoms with Crippen molar-refractivity contribution in [2.24, 2.45) is 0 Å². The number of hydrogen-bond acceptors (Lipinski definition) is 4. The third-order valence-electron chi connectivity index (χ3n) is 4.69. The highest BCUT2D eigenvalue weighted by Crippen LogP contribution is 2.33. The molecule has 5 heteroatoms. The predicted octanol–water partition coefficient (Wildman–Crippen LogP) is 2.20. The van der Waals surface area contributed by atoms with Gasteiger partial charge in [0, 0.05) is 24.9 Å². The predicted molar refractivity (Wildman–Crippen MR) is 85.6 cm³/mol. The summed E-state index contributed by atoms with van der Waals surface area (Å²) in [6.45, 7) is 2.04. The maximum Gasteiger partial charge on any atom is 0.177 e. The first-order valence-electron chi connectivity index (χ1n) is 7.86. The summed E-state index contributed by atoms with van der Waals surface area (Å²) < 4.78 is 24.2. The molecule has 0 spiro atoms. The molecule has 0 aromatic heterocycles. The molecule has 116 valence electrons. The van der Waals surface area contributed by atoms with Crippen LogP contribution in [0.4, 0.5) is 5.69 Å². The average Bonchev–Trinajstić information content (AvgIpc) is 3.00. The summed E-state index contributed by atoms with van der Waals surface area (Å²) in [6, 6.07) is 8.37. The van der Waals surface area contributed by atoms with E-state index in [0.717, 1.165) is 31.6 Å². The van der Waals surface area contributed by atoms with E-state index in [0.29, 0.717) is 17.0 Å². The lowest BCUT2D eigenvalue weighted by Gasteiger charge is -2.41. The third kappa shape index (κ3) is 3.09. The zero-order valence-corrected chi connectivity index (χ0v) is 13.4. The molecule has 4 nitrogen and oxygen atoms in total. The number of anilines is 1. The molecule has 21 heavy (non-hydrogen) atoms. The van der Waals surface area contributed by atoms with E-state index >= 15 is 0 Å². The Morgan fingerprint density at radius 3 is 2.67 bits per heavy atom. The molecule has 0 saturated carbocycles. The van der Waals surface area contributed by atoms with Crippen LogP contribution >= 0.6 is 0 Å². The van der Waals surface area contributed by atoms with E-state index in [1.165, 1.54) is 25.5 Å². The maximum atomic E-state index is 12.1. The summed E-state index contributed by atoms with van der Waals surface area (Å²) in [7, 11) is -3.19. The van der Waals surface area contributed by atoms with Crippen LogP contribution in [-0.4, -0.2) is 39.8 Å². The number of sulfone groups is 1. The molecule has 2 fully saturated rings. The summed E-state index contributed by atoms with van der Waals surface area (Å²) in [5.74, 6) is 0. The SMILES string of the molecule is CS(=O)(=O)c1ccccc1N1CCCCC1C1CCCN1. The number of rotatable bonds is 3. The first-order valence-corrected chi connectivity index (χ1v) is 9.75. The number of para-hydroxylation sites is 1. The Kier molecular flexibility index (Phi) is 4.22. The van der Waals surface area contributed by atoms with Crippen molar-refractivity contribution in [3.8, 4) is 0 Å². The minimum atomic E-state index is -3.19. The highest BCUT2D eigenvalue weighted by atomic mass is 32.2. The summed E-state index contributed by atoms with van der Waals surface area (Å²) in [5.41, 5.74) is 0.887. The van der Waals surface area contributed by atoms with Crippen LogP contribution < -0.4 is 10.2 Å². The number of hydrogen-bond donors (Lipinski definition) is 1. The monoisotopic (exact) mass is 308 g/mol. The molecule has 0 bridgehead atoms. The molecule has 3 rings (SSSR count). The summed E-state index contributed by atoms with van der Waals surface area (Å²) in [6.07, 6.45) is 7.25. The maximum absolute atomic E-state index is 12.1. The minimum Gasteiger partial charge on any atom is -0.366 e. The van der Waals surface area contributed by atoms with Gasteiger partial charge in [-0.2, -0.15) is 0 Å². The van der Waals surface area contributed by atoms with Gasteiger partial charge in [0.25, 0.3) is 0 Å². The lowest BCUT2D eigenvalue weighted by Crippen LogP contribution is -2.50. The van der Waals surface area contributed by atoms with Crippen LogP contribution in [-0.2, 0) is 9.84 Å². The Bertz CT molecular complexity index is 594. The van der Waals surface area contributed by atoms with Crippen LogP contribution in [0.3, 0.4) is 0 Å². The third-order valence-corrected chi connectivity index (χ3v) is 5.83. The van der Waals surface area contributed by atoms with Gasteiger partial charge in [-0.15, -0.1) is 0 Å².